The summed E-state index contributed by atoms with van der Waals surface area (Å²) in [6.45, 7) is 0.277. The van der Waals surface area contributed by atoms with Crippen molar-refractivity contribution in [1.29, 1.82) is 0 Å². The molecule has 2 aromatic rings. The van der Waals surface area contributed by atoms with E-state index < -0.39 is 23.2 Å². The lowest BCUT2D eigenvalue weighted by Gasteiger charge is -2.17. The molecule has 0 radical (unpaired) electrons. The van der Waals surface area contributed by atoms with Crippen LogP contribution in [0.3, 0.4) is 0 Å². The Balaban J connectivity index is 1.59. The number of carbonyl (C=O) groups is 1. The summed E-state index contributed by atoms with van der Waals surface area (Å²) in [4.78, 5) is 16.5. The number of urea groups is 1. The number of ether oxygens (including phenoxy) is 1. The van der Waals surface area contributed by atoms with Crippen molar-refractivity contribution in [1.82, 2.24) is 9.71 Å². The number of anilines is 1. The van der Waals surface area contributed by atoms with Crippen LogP contribution in [-0.4, -0.2) is 50.5 Å². The predicted molar refractivity (Wildman–Crippen MR) is 116 cm³/mol. The molecule has 2 amide bonds. The average Bonchev–Trinajstić information content (AvgIpc) is 3.34. The predicted octanol–water partition coefficient (Wildman–Crippen LogP) is 1.97. The fraction of sp³-hybridized carbons (Fsp3) is 0.400. The number of carbonyl (C=O) groups excluding carboxylic acids is 1. The Hall–Kier alpha value is -2.63. The van der Waals surface area contributed by atoms with Gasteiger partial charge in [-0.05, 0) is 54.8 Å². The van der Waals surface area contributed by atoms with Crippen LogP contribution in [0, 0.1) is 0 Å². The van der Waals surface area contributed by atoms with E-state index in [0.29, 0.717) is 17.9 Å². The molecule has 4 rings (SSSR count). The molecule has 3 N–H and O–H groups in total. The average molecular weight is 445 g/mol. The first kappa shape index (κ1) is 21.6. The Kier molecular flexibility index (Phi) is 6.17. The van der Waals surface area contributed by atoms with E-state index in [1.165, 1.54) is 0 Å². The number of benzene rings is 1. The number of nitrogens with one attached hydrogen (secondary N) is 2. The van der Waals surface area contributed by atoms with Gasteiger partial charge in [0.25, 0.3) is 0 Å². The van der Waals surface area contributed by atoms with Crippen molar-refractivity contribution >= 4 is 28.9 Å². The molecule has 1 aliphatic carbocycles. The summed E-state index contributed by atoms with van der Waals surface area (Å²) in [5.41, 5.74) is 4.27. The van der Waals surface area contributed by atoms with Gasteiger partial charge in [-0.15, -0.1) is 0 Å². The van der Waals surface area contributed by atoms with Gasteiger partial charge in [-0.2, -0.15) is 0 Å². The van der Waals surface area contributed by atoms with Crippen molar-refractivity contribution in [3.8, 4) is 17.0 Å². The summed E-state index contributed by atoms with van der Waals surface area (Å²) in [5.74, 6) is 0.398. The zero-order valence-corrected chi connectivity index (χ0v) is 17.9. The third-order valence-corrected chi connectivity index (χ3v) is 5.90. The standard InChI is InChI=1S/C20H24BN3O6S/c1-31(27,28)24-20(25)23-19-16-4-2-3-13(16)5-6-17(19)14-8-10-22-18(11-14)29-12-15-7-9-21(26)30-15/h5-6,8,10-11,15,26H,2-4,7,9,12H2,1H3,(H2,23,24,25). The van der Waals surface area contributed by atoms with E-state index in [4.69, 9.17) is 9.39 Å². The molecular weight excluding hydrogens is 421 g/mol. The third-order valence-electron chi connectivity index (χ3n) is 5.35. The van der Waals surface area contributed by atoms with Crippen LogP contribution in [0.15, 0.2) is 30.5 Å². The number of amides is 2. The minimum Gasteiger partial charge on any atom is -0.475 e. The van der Waals surface area contributed by atoms with Gasteiger partial charge in [0.1, 0.15) is 6.61 Å². The molecule has 1 atom stereocenters. The van der Waals surface area contributed by atoms with Crippen LogP contribution < -0.4 is 14.8 Å². The van der Waals surface area contributed by atoms with E-state index in [1.807, 2.05) is 16.9 Å². The molecule has 1 saturated heterocycles. The second kappa shape index (κ2) is 8.85. The van der Waals surface area contributed by atoms with Crippen LogP contribution in [0.5, 0.6) is 5.88 Å². The van der Waals surface area contributed by atoms with Gasteiger partial charge in [0.15, 0.2) is 0 Å². The number of fused-ring (bicyclic) bond motifs is 1. The van der Waals surface area contributed by atoms with Crippen LogP contribution in [0.1, 0.15) is 24.0 Å². The van der Waals surface area contributed by atoms with Crippen molar-refractivity contribution in [2.75, 3.05) is 18.2 Å². The minimum atomic E-state index is -3.68. The van der Waals surface area contributed by atoms with Crippen LogP contribution in [-0.2, 0) is 27.5 Å². The Morgan fingerprint density at radius 1 is 1.35 bits per heavy atom. The minimum absolute atomic E-state index is 0.183. The zero-order chi connectivity index (χ0) is 22.0. The summed E-state index contributed by atoms with van der Waals surface area (Å²) >= 11 is 0. The molecule has 0 bridgehead atoms. The van der Waals surface area contributed by atoms with Gasteiger partial charge in [-0.25, -0.2) is 22.9 Å². The molecular formula is C20H24BN3O6S. The molecule has 2 aliphatic rings. The largest absolute Gasteiger partial charge is 0.475 e. The summed E-state index contributed by atoms with van der Waals surface area (Å²) in [6.07, 6.45) is 6.35. The highest BCUT2D eigenvalue weighted by Gasteiger charge is 2.28. The van der Waals surface area contributed by atoms with E-state index in [9.17, 15) is 18.2 Å². The fourth-order valence-corrected chi connectivity index (χ4v) is 4.39. The second-order valence-electron chi connectivity index (χ2n) is 7.79. The first-order valence-electron chi connectivity index (χ1n) is 10.1. The van der Waals surface area contributed by atoms with Crippen molar-refractivity contribution in [2.24, 2.45) is 0 Å². The number of sulfonamides is 1. The van der Waals surface area contributed by atoms with E-state index >= 15 is 0 Å². The summed E-state index contributed by atoms with van der Waals surface area (Å²) in [6, 6.07) is 6.72. The Morgan fingerprint density at radius 2 is 2.19 bits per heavy atom. The molecule has 31 heavy (non-hydrogen) atoms. The maximum absolute atomic E-state index is 12.3. The Bertz CT molecular complexity index is 1090. The number of aryl methyl sites for hydroxylation is 1. The molecule has 2 heterocycles. The van der Waals surface area contributed by atoms with Crippen LogP contribution >= 0.6 is 0 Å². The van der Waals surface area contributed by atoms with E-state index in [-0.39, 0.29) is 12.7 Å². The normalized spacial score (nSPS) is 18.0. The number of aromatic nitrogens is 1. The van der Waals surface area contributed by atoms with Gasteiger partial charge in [0.2, 0.25) is 15.9 Å². The van der Waals surface area contributed by atoms with E-state index in [2.05, 4.69) is 10.3 Å². The Morgan fingerprint density at radius 3 is 2.94 bits per heavy atom. The van der Waals surface area contributed by atoms with E-state index in [0.717, 1.165) is 54.2 Å². The molecule has 1 aliphatic heterocycles. The first-order valence-corrected chi connectivity index (χ1v) is 12.0. The number of hydrogen-bond donors (Lipinski definition) is 3. The number of pyridine rings is 1. The van der Waals surface area contributed by atoms with Crippen molar-refractivity contribution in [3.63, 3.8) is 0 Å². The quantitative estimate of drug-likeness (QED) is 0.581. The molecule has 9 nitrogen and oxygen atoms in total. The first-order chi connectivity index (χ1) is 14.8. The van der Waals surface area contributed by atoms with Gasteiger partial charge >= 0.3 is 13.1 Å². The number of rotatable bonds is 6. The highest BCUT2D eigenvalue weighted by Crippen LogP contribution is 2.38. The smallest absolute Gasteiger partial charge is 0.454 e. The zero-order valence-electron chi connectivity index (χ0n) is 17.1. The molecule has 0 spiro atoms. The lowest BCUT2D eigenvalue weighted by atomic mass is 9.87. The maximum Gasteiger partial charge on any atom is 0.454 e. The third kappa shape index (κ3) is 5.35. The maximum atomic E-state index is 12.3. The Labute approximate surface area is 181 Å². The van der Waals surface area contributed by atoms with Gasteiger partial charge in [-0.1, -0.05) is 12.1 Å². The molecule has 11 heteroatoms. The highest BCUT2D eigenvalue weighted by atomic mass is 32.2. The lowest BCUT2D eigenvalue weighted by molar-refractivity contribution is 0.128. The van der Waals surface area contributed by atoms with Gasteiger partial charge in [0, 0.05) is 17.8 Å². The number of hydrogen-bond acceptors (Lipinski definition) is 7. The number of nitrogens with zero attached hydrogens (tertiary/aromatic N) is 1. The van der Waals surface area contributed by atoms with Gasteiger partial charge in [0.05, 0.1) is 18.0 Å². The van der Waals surface area contributed by atoms with Gasteiger partial charge in [-0.3, -0.25) is 0 Å². The molecule has 1 unspecified atom stereocenters. The monoisotopic (exact) mass is 445 g/mol. The van der Waals surface area contributed by atoms with Crippen LogP contribution in [0.4, 0.5) is 10.5 Å². The molecule has 1 aromatic carbocycles. The van der Waals surface area contributed by atoms with Gasteiger partial charge < -0.3 is 19.7 Å². The fourth-order valence-electron chi connectivity index (χ4n) is 4.00. The van der Waals surface area contributed by atoms with Crippen molar-refractivity contribution in [3.05, 3.63) is 41.6 Å². The van der Waals surface area contributed by atoms with Crippen molar-refractivity contribution < 1.29 is 27.6 Å². The van der Waals surface area contributed by atoms with E-state index in [1.54, 1.807) is 18.3 Å². The summed E-state index contributed by atoms with van der Waals surface area (Å²) < 4.78 is 35.9. The molecule has 164 valence electrons. The van der Waals surface area contributed by atoms with Crippen molar-refractivity contribution in [2.45, 2.75) is 38.1 Å². The van der Waals surface area contributed by atoms with Crippen LogP contribution in [0.25, 0.3) is 11.1 Å². The molecule has 1 fully saturated rings. The molecule has 0 saturated carbocycles. The van der Waals surface area contributed by atoms with Crippen LogP contribution in [0.2, 0.25) is 6.32 Å². The summed E-state index contributed by atoms with van der Waals surface area (Å²) in [7, 11) is -4.43. The lowest BCUT2D eigenvalue weighted by Crippen LogP contribution is -2.33. The topological polar surface area (TPSA) is 127 Å². The SMILES string of the molecule is CS(=O)(=O)NC(=O)Nc1c(-c2ccnc(OCC3CCB(O)O3)c2)ccc2c1CCC2. The molecule has 1 aromatic heterocycles. The summed E-state index contributed by atoms with van der Waals surface area (Å²) in [5, 5.41) is 12.2. The highest BCUT2D eigenvalue weighted by molar-refractivity contribution is 7.89. The second-order valence-corrected chi connectivity index (χ2v) is 9.54.